The van der Waals surface area contributed by atoms with E-state index in [0.29, 0.717) is 31.0 Å². The molecule has 88 valence electrons. The Labute approximate surface area is 98.5 Å². The van der Waals surface area contributed by atoms with Gasteiger partial charge in [0.1, 0.15) is 11.9 Å². The van der Waals surface area contributed by atoms with Crippen LogP contribution < -0.4 is 10.2 Å². The van der Waals surface area contributed by atoms with Gasteiger partial charge in [0.2, 0.25) is 0 Å². The molecule has 0 radical (unpaired) electrons. The third-order valence-electron chi connectivity index (χ3n) is 2.67. The normalized spacial score (nSPS) is 19.7. The Morgan fingerprint density at radius 1 is 1.71 bits per heavy atom. The summed E-state index contributed by atoms with van der Waals surface area (Å²) in [4.78, 5) is 16.9. The standard InChI is InChI=1S/C11H12N4O2/c12-6-8-1-2-14-10(5-8)15-4-3-13-9(7-15)11(16)17/h1-2,5,9,13H,3-4,7H2,(H,16,17)/t9-/m1/s1. The predicted octanol–water partition coefficient (Wildman–Crippen LogP) is -0.184. The number of hydrogen-bond donors (Lipinski definition) is 2. The van der Waals surface area contributed by atoms with Crippen LogP contribution in [0.15, 0.2) is 18.3 Å². The third kappa shape index (κ3) is 2.52. The number of carbonyl (C=O) groups is 1. The van der Waals surface area contributed by atoms with Crippen molar-refractivity contribution in [1.29, 1.82) is 5.26 Å². The molecule has 1 aromatic heterocycles. The van der Waals surface area contributed by atoms with E-state index in [9.17, 15) is 4.79 Å². The van der Waals surface area contributed by atoms with Gasteiger partial charge in [-0.3, -0.25) is 4.79 Å². The summed E-state index contributed by atoms with van der Waals surface area (Å²) in [5.41, 5.74) is 0.528. The highest BCUT2D eigenvalue weighted by molar-refractivity contribution is 5.74. The van der Waals surface area contributed by atoms with Gasteiger partial charge in [-0.2, -0.15) is 5.26 Å². The minimum Gasteiger partial charge on any atom is -0.480 e. The molecule has 1 atom stereocenters. The molecule has 1 fully saturated rings. The van der Waals surface area contributed by atoms with E-state index in [2.05, 4.69) is 10.3 Å². The summed E-state index contributed by atoms with van der Waals surface area (Å²) in [6, 6.07) is 4.75. The summed E-state index contributed by atoms with van der Waals surface area (Å²) >= 11 is 0. The van der Waals surface area contributed by atoms with Crippen LogP contribution in [0.4, 0.5) is 5.82 Å². The predicted molar refractivity (Wildman–Crippen MR) is 60.6 cm³/mol. The molecule has 2 N–H and O–H groups in total. The first kappa shape index (κ1) is 11.4. The number of carboxylic acid groups (broad SMARTS) is 1. The smallest absolute Gasteiger partial charge is 0.322 e. The van der Waals surface area contributed by atoms with E-state index in [1.54, 1.807) is 18.3 Å². The molecule has 0 aromatic carbocycles. The Morgan fingerprint density at radius 2 is 2.53 bits per heavy atom. The van der Waals surface area contributed by atoms with Gasteiger partial charge < -0.3 is 15.3 Å². The van der Waals surface area contributed by atoms with Crippen molar-refractivity contribution in [2.45, 2.75) is 6.04 Å². The first-order valence-electron chi connectivity index (χ1n) is 5.28. The summed E-state index contributed by atoms with van der Waals surface area (Å²) in [5.74, 6) is -0.220. The molecule has 0 unspecified atom stereocenters. The van der Waals surface area contributed by atoms with E-state index in [0.717, 1.165) is 0 Å². The fraction of sp³-hybridized carbons (Fsp3) is 0.364. The maximum Gasteiger partial charge on any atom is 0.322 e. The van der Waals surface area contributed by atoms with Crippen LogP contribution in [0.2, 0.25) is 0 Å². The van der Waals surface area contributed by atoms with Crippen molar-refractivity contribution < 1.29 is 9.90 Å². The van der Waals surface area contributed by atoms with E-state index < -0.39 is 12.0 Å². The van der Waals surface area contributed by atoms with Crippen molar-refractivity contribution in [3.05, 3.63) is 23.9 Å². The second-order valence-corrected chi connectivity index (χ2v) is 3.81. The fourth-order valence-electron chi connectivity index (χ4n) is 1.78. The van der Waals surface area contributed by atoms with E-state index in [-0.39, 0.29) is 0 Å². The molecule has 0 bridgehead atoms. The third-order valence-corrected chi connectivity index (χ3v) is 2.67. The second kappa shape index (κ2) is 4.80. The molecule has 1 aromatic rings. The molecule has 0 spiro atoms. The molecule has 2 rings (SSSR count). The molecule has 6 nitrogen and oxygen atoms in total. The van der Waals surface area contributed by atoms with Gasteiger partial charge in [0.15, 0.2) is 0 Å². The van der Waals surface area contributed by atoms with Crippen molar-refractivity contribution in [2.24, 2.45) is 0 Å². The number of nitrogens with one attached hydrogen (secondary N) is 1. The van der Waals surface area contributed by atoms with Crippen LogP contribution in [-0.2, 0) is 4.79 Å². The quantitative estimate of drug-likeness (QED) is 0.735. The topological polar surface area (TPSA) is 89.3 Å². The highest BCUT2D eigenvalue weighted by Gasteiger charge is 2.25. The van der Waals surface area contributed by atoms with Crippen LogP contribution in [0.1, 0.15) is 5.56 Å². The Balaban J connectivity index is 2.16. The molecule has 1 aliphatic rings. The number of pyridine rings is 1. The first-order valence-corrected chi connectivity index (χ1v) is 5.28. The van der Waals surface area contributed by atoms with Gasteiger partial charge in [-0.1, -0.05) is 0 Å². The largest absolute Gasteiger partial charge is 0.480 e. The van der Waals surface area contributed by atoms with E-state index in [1.807, 2.05) is 11.0 Å². The average molecular weight is 232 g/mol. The van der Waals surface area contributed by atoms with Gasteiger partial charge in [-0.25, -0.2) is 4.98 Å². The lowest BCUT2D eigenvalue weighted by Gasteiger charge is -2.32. The molecular weight excluding hydrogens is 220 g/mol. The molecule has 0 saturated carbocycles. The Morgan fingerprint density at radius 3 is 3.24 bits per heavy atom. The van der Waals surface area contributed by atoms with Gasteiger partial charge in [-0.15, -0.1) is 0 Å². The zero-order valence-corrected chi connectivity index (χ0v) is 9.13. The zero-order chi connectivity index (χ0) is 12.3. The van der Waals surface area contributed by atoms with Crippen molar-refractivity contribution in [3.8, 4) is 6.07 Å². The van der Waals surface area contributed by atoms with E-state index in [4.69, 9.17) is 10.4 Å². The lowest BCUT2D eigenvalue weighted by atomic mass is 10.2. The molecular formula is C11H12N4O2. The van der Waals surface area contributed by atoms with Crippen molar-refractivity contribution in [3.63, 3.8) is 0 Å². The van der Waals surface area contributed by atoms with Gasteiger partial charge in [0, 0.05) is 25.8 Å². The van der Waals surface area contributed by atoms with Gasteiger partial charge in [-0.05, 0) is 12.1 Å². The molecule has 17 heavy (non-hydrogen) atoms. The number of carboxylic acids is 1. The lowest BCUT2D eigenvalue weighted by molar-refractivity contribution is -0.139. The van der Waals surface area contributed by atoms with Crippen LogP contribution in [0.5, 0.6) is 0 Å². The average Bonchev–Trinajstić information content (AvgIpc) is 2.39. The highest BCUT2D eigenvalue weighted by Crippen LogP contribution is 2.14. The maximum absolute atomic E-state index is 10.9. The van der Waals surface area contributed by atoms with Crippen LogP contribution in [0.3, 0.4) is 0 Å². The van der Waals surface area contributed by atoms with Crippen LogP contribution >= 0.6 is 0 Å². The minimum absolute atomic E-state index is 0.358. The maximum atomic E-state index is 10.9. The highest BCUT2D eigenvalue weighted by atomic mass is 16.4. The van der Waals surface area contributed by atoms with E-state index in [1.165, 1.54) is 0 Å². The van der Waals surface area contributed by atoms with E-state index >= 15 is 0 Å². The van der Waals surface area contributed by atoms with Gasteiger partial charge in [0.05, 0.1) is 11.6 Å². The Hall–Kier alpha value is -2.13. The summed E-state index contributed by atoms with van der Waals surface area (Å²) in [5, 5.41) is 20.7. The fourth-order valence-corrected chi connectivity index (χ4v) is 1.78. The summed E-state index contributed by atoms with van der Waals surface area (Å²) in [6.07, 6.45) is 1.56. The SMILES string of the molecule is N#Cc1ccnc(N2CCN[C@@H](C(=O)O)C2)c1. The van der Waals surface area contributed by atoms with Crippen LogP contribution in [0, 0.1) is 11.3 Å². The number of nitriles is 1. The van der Waals surface area contributed by atoms with Crippen molar-refractivity contribution >= 4 is 11.8 Å². The number of anilines is 1. The number of rotatable bonds is 2. The Kier molecular flexibility index (Phi) is 3.21. The molecule has 1 saturated heterocycles. The number of aliphatic carboxylic acids is 1. The zero-order valence-electron chi connectivity index (χ0n) is 9.13. The number of aromatic nitrogens is 1. The van der Waals surface area contributed by atoms with Gasteiger partial charge >= 0.3 is 5.97 Å². The molecule has 2 heterocycles. The summed E-state index contributed by atoms with van der Waals surface area (Å²) in [6.45, 7) is 1.64. The summed E-state index contributed by atoms with van der Waals surface area (Å²) < 4.78 is 0. The van der Waals surface area contributed by atoms with Crippen LogP contribution in [0.25, 0.3) is 0 Å². The van der Waals surface area contributed by atoms with Gasteiger partial charge in [0.25, 0.3) is 0 Å². The molecule has 6 heteroatoms. The number of nitrogens with zero attached hydrogens (tertiary/aromatic N) is 3. The van der Waals surface area contributed by atoms with Crippen LogP contribution in [-0.4, -0.2) is 41.7 Å². The summed E-state index contributed by atoms with van der Waals surface area (Å²) in [7, 11) is 0. The van der Waals surface area contributed by atoms with Crippen molar-refractivity contribution in [1.82, 2.24) is 10.3 Å². The number of hydrogen-bond acceptors (Lipinski definition) is 5. The Bertz CT molecular complexity index is 469. The second-order valence-electron chi connectivity index (χ2n) is 3.81. The molecule has 0 amide bonds. The number of piperazine rings is 1. The first-order chi connectivity index (χ1) is 8.20. The molecule has 1 aliphatic heterocycles. The monoisotopic (exact) mass is 232 g/mol. The molecule has 0 aliphatic carbocycles. The van der Waals surface area contributed by atoms with Crippen molar-refractivity contribution in [2.75, 3.05) is 24.5 Å². The lowest BCUT2D eigenvalue weighted by Crippen LogP contribution is -2.54. The minimum atomic E-state index is -0.869.